The SMILES string of the molecule is Cc1ccc(C)c(C(N)CN2C(=O)C3CC3C2=O)c1. The largest absolute Gasteiger partial charge is 0.322 e. The zero-order chi connectivity index (χ0) is 13.7. The molecule has 4 nitrogen and oxygen atoms in total. The van der Waals surface area contributed by atoms with E-state index in [4.69, 9.17) is 5.73 Å². The highest BCUT2D eigenvalue weighted by atomic mass is 16.2. The number of nitrogens with zero attached hydrogens (tertiary/aromatic N) is 1. The molecule has 3 unspecified atom stereocenters. The Morgan fingerprint density at radius 1 is 1.26 bits per heavy atom. The smallest absolute Gasteiger partial charge is 0.233 e. The lowest BCUT2D eigenvalue weighted by molar-refractivity contribution is -0.141. The quantitative estimate of drug-likeness (QED) is 0.831. The van der Waals surface area contributed by atoms with Crippen molar-refractivity contribution in [2.24, 2.45) is 17.6 Å². The molecule has 1 aromatic rings. The molecule has 100 valence electrons. The molecule has 1 saturated heterocycles. The molecule has 0 radical (unpaired) electrons. The molecule has 2 N–H and O–H groups in total. The van der Waals surface area contributed by atoms with Crippen molar-refractivity contribution >= 4 is 11.8 Å². The van der Waals surface area contributed by atoms with Gasteiger partial charge in [0.1, 0.15) is 0 Å². The molecule has 1 aliphatic carbocycles. The van der Waals surface area contributed by atoms with Crippen LogP contribution in [0.1, 0.15) is 29.2 Å². The number of fused-ring (bicyclic) bond motifs is 1. The molecule has 0 aromatic heterocycles. The van der Waals surface area contributed by atoms with Gasteiger partial charge in [-0.1, -0.05) is 23.8 Å². The summed E-state index contributed by atoms with van der Waals surface area (Å²) < 4.78 is 0. The topological polar surface area (TPSA) is 63.4 Å². The van der Waals surface area contributed by atoms with Gasteiger partial charge in [-0.25, -0.2) is 0 Å². The number of carbonyl (C=O) groups is 2. The van der Waals surface area contributed by atoms with Crippen LogP contribution < -0.4 is 5.73 Å². The second-order valence-corrected chi connectivity index (χ2v) is 5.70. The summed E-state index contributed by atoms with van der Waals surface area (Å²) >= 11 is 0. The summed E-state index contributed by atoms with van der Waals surface area (Å²) in [5.74, 6) is -0.150. The first-order valence-electron chi connectivity index (χ1n) is 6.67. The molecule has 0 spiro atoms. The predicted molar refractivity (Wildman–Crippen MR) is 71.2 cm³/mol. The maximum Gasteiger partial charge on any atom is 0.233 e. The number of likely N-dealkylation sites (tertiary alicyclic amines) is 1. The van der Waals surface area contributed by atoms with Crippen LogP contribution in [-0.2, 0) is 9.59 Å². The molecule has 3 atom stereocenters. The van der Waals surface area contributed by atoms with Crippen LogP contribution >= 0.6 is 0 Å². The van der Waals surface area contributed by atoms with Crippen molar-refractivity contribution in [3.63, 3.8) is 0 Å². The van der Waals surface area contributed by atoms with E-state index in [1.54, 1.807) is 0 Å². The van der Waals surface area contributed by atoms with Gasteiger partial charge in [0.05, 0.1) is 11.8 Å². The summed E-state index contributed by atoms with van der Waals surface area (Å²) in [6.45, 7) is 4.31. The van der Waals surface area contributed by atoms with Crippen LogP contribution in [0, 0.1) is 25.7 Å². The minimum Gasteiger partial charge on any atom is -0.322 e. The summed E-state index contributed by atoms with van der Waals surface area (Å²) in [5.41, 5.74) is 9.43. The highest BCUT2D eigenvalue weighted by Gasteiger charge is 2.58. The van der Waals surface area contributed by atoms with Crippen molar-refractivity contribution < 1.29 is 9.59 Å². The fraction of sp³-hybridized carbons (Fsp3) is 0.467. The summed E-state index contributed by atoms with van der Waals surface area (Å²) in [6.07, 6.45) is 0.743. The molecule has 2 amide bonds. The van der Waals surface area contributed by atoms with Crippen LogP contribution in [0.25, 0.3) is 0 Å². The van der Waals surface area contributed by atoms with E-state index >= 15 is 0 Å². The maximum absolute atomic E-state index is 11.9. The van der Waals surface area contributed by atoms with Crippen molar-refractivity contribution in [2.45, 2.75) is 26.3 Å². The lowest BCUT2D eigenvalue weighted by Gasteiger charge is -2.22. The van der Waals surface area contributed by atoms with Crippen LogP contribution in [0.2, 0.25) is 0 Å². The lowest BCUT2D eigenvalue weighted by Crippen LogP contribution is -2.38. The van der Waals surface area contributed by atoms with E-state index in [1.165, 1.54) is 4.90 Å². The average molecular weight is 258 g/mol. The molecule has 19 heavy (non-hydrogen) atoms. The second-order valence-electron chi connectivity index (χ2n) is 5.70. The van der Waals surface area contributed by atoms with Crippen molar-refractivity contribution in [3.8, 4) is 0 Å². The molecule has 1 aromatic carbocycles. The third kappa shape index (κ3) is 1.96. The van der Waals surface area contributed by atoms with E-state index in [0.717, 1.165) is 23.1 Å². The molecule has 2 aliphatic rings. The van der Waals surface area contributed by atoms with Gasteiger partial charge in [-0.2, -0.15) is 0 Å². The summed E-state index contributed by atoms with van der Waals surface area (Å²) in [7, 11) is 0. The number of carbonyl (C=O) groups excluding carboxylic acids is 2. The van der Waals surface area contributed by atoms with Crippen LogP contribution in [-0.4, -0.2) is 23.3 Å². The normalized spacial score (nSPS) is 26.6. The van der Waals surface area contributed by atoms with Crippen molar-refractivity contribution in [2.75, 3.05) is 6.54 Å². The van der Waals surface area contributed by atoms with E-state index in [2.05, 4.69) is 0 Å². The minimum absolute atomic E-state index is 0.0317. The molecule has 1 heterocycles. The zero-order valence-corrected chi connectivity index (χ0v) is 11.2. The van der Waals surface area contributed by atoms with Gasteiger partial charge in [0.2, 0.25) is 11.8 Å². The van der Waals surface area contributed by atoms with Gasteiger partial charge in [-0.05, 0) is 31.4 Å². The monoisotopic (exact) mass is 258 g/mol. The highest BCUT2D eigenvalue weighted by molar-refractivity contribution is 6.08. The number of rotatable bonds is 3. The van der Waals surface area contributed by atoms with Gasteiger partial charge < -0.3 is 5.73 Å². The van der Waals surface area contributed by atoms with Crippen LogP contribution in [0.3, 0.4) is 0 Å². The maximum atomic E-state index is 11.9. The average Bonchev–Trinajstić information content (AvgIpc) is 3.13. The van der Waals surface area contributed by atoms with Gasteiger partial charge >= 0.3 is 0 Å². The van der Waals surface area contributed by atoms with Crippen LogP contribution in [0.15, 0.2) is 18.2 Å². The Hall–Kier alpha value is -1.68. The van der Waals surface area contributed by atoms with Gasteiger partial charge in [0.25, 0.3) is 0 Å². The first-order chi connectivity index (χ1) is 8.99. The molecular weight excluding hydrogens is 240 g/mol. The number of aryl methyl sites for hydroxylation is 2. The van der Waals surface area contributed by atoms with Gasteiger partial charge in [-0.15, -0.1) is 0 Å². The Kier molecular flexibility index (Phi) is 2.71. The predicted octanol–water partition coefficient (Wildman–Crippen LogP) is 1.31. The van der Waals surface area contributed by atoms with Crippen molar-refractivity contribution in [3.05, 3.63) is 34.9 Å². The highest BCUT2D eigenvalue weighted by Crippen LogP contribution is 2.47. The van der Waals surface area contributed by atoms with Crippen molar-refractivity contribution in [1.29, 1.82) is 0 Å². The zero-order valence-electron chi connectivity index (χ0n) is 11.2. The molecule has 3 rings (SSSR count). The Balaban J connectivity index is 1.78. The van der Waals surface area contributed by atoms with Crippen molar-refractivity contribution in [1.82, 2.24) is 4.90 Å². The van der Waals surface area contributed by atoms with Gasteiger partial charge in [-0.3, -0.25) is 14.5 Å². The van der Waals surface area contributed by atoms with Crippen LogP contribution in [0.5, 0.6) is 0 Å². The molecular formula is C15H18N2O2. The molecule has 1 saturated carbocycles. The molecule has 0 bridgehead atoms. The third-order valence-corrected chi connectivity index (χ3v) is 4.17. The molecule has 4 heteroatoms. The van der Waals surface area contributed by atoms with Crippen LogP contribution in [0.4, 0.5) is 0 Å². The Morgan fingerprint density at radius 3 is 2.53 bits per heavy atom. The number of benzene rings is 1. The fourth-order valence-corrected chi connectivity index (χ4v) is 2.88. The summed E-state index contributed by atoms with van der Waals surface area (Å²) in [5, 5.41) is 0. The Bertz CT molecular complexity index is 547. The third-order valence-electron chi connectivity index (χ3n) is 4.17. The summed E-state index contributed by atoms with van der Waals surface area (Å²) in [4.78, 5) is 25.2. The Morgan fingerprint density at radius 2 is 1.89 bits per heavy atom. The molecule has 1 aliphatic heterocycles. The number of imide groups is 1. The minimum atomic E-state index is -0.301. The molecule has 2 fully saturated rings. The first-order valence-corrected chi connectivity index (χ1v) is 6.67. The lowest BCUT2D eigenvalue weighted by atomic mass is 9.99. The standard InChI is InChI=1S/C15H18N2O2/c1-8-3-4-9(2)10(5-8)13(16)7-17-14(18)11-6-12(11)15(17)19/h3-5,11-13H,6-7,16H2,1-2H3. The fourth-order valence-electron chi connectivity index (χ4n) is 2.88. The second kappa shape index (κ2) is 4.17. The van der Waals surface area contributed by atoms with E-state index in [-0.39, 0.29) is 29.7 Å². The number of nitrogens with two attached hydrogens (primary N) is 1. The van der Waals surface area contributed by atoms with Gasteiger partial charge in [0.15, 0.2) is 0 Å². The van der Waals surface area contributed by atoms with Gasteiger partial charge in [0, 0.05) is 12.6 Å². The Labute approximate surface area is 112 Å². The van der Waals surface area contributed by atoms with E-state index < -0.39 is 0 Å². The van der Waals surface area contributed by atoms with E-state index in [0.29, 0.717) is 6.54 Å². The van der Waals surface area contributed by atoms with E-state index in [1.807, 2.05) is 32.0 Å². The first kappa shape index (κ1) is 12.4. The summed E-state index contributed by atoms with van der Waals surface area (Å²) in [6, 6.07) is 5.79. The number of hydrogen-bond acceptors (Lipinski definition) is 3. The number of amides is 2. The van der Waals surface area contributed by atoms with E-state index in [9.17, 15) is 9.59 Å². The number of hydrogen-bond donors (Lipinski definition) is 1. The number of piperidine rings is 1.